The second-order valence-corrected chi connectivity index (χ2v) is 4.30. The van der Waals surface area contributed by atoms with Crippen molar-refractivity contribution in [2.45, 2.75) is 6.92 Å². The molecule has 15 heavy (non-hydrogen) atoms. The molecule has 2 heteroatoms. The summed E-state index contributed by atoms with van der Waals surface area (Å²) in [5.74, 6) is 0. The molecule has 1 aromatic carbocycles. The molecular formula is C13H18N2. The van der Waals surface area contributed by atoms with Crippen LogP contribution in [0.15, 0.2) is 24.8 Å². The van der Waals surface area contributed by atoms with Crippen LogP contribution in [0.2, 0.25) is 0 Å². The first-order valence-electron chi connectivity index (χ1n) is 5.32. The van der Waals surface area contributed by atoms with Crippen LogP contribution in [0, 0.1) is 0 Å². The number of rotatable bonds is 1. The van der Waals surface area contributed by atoms with Gasteiger partial charge in [0, 0.05) is 32.7 Å². The smallest absolute Gasteiger partial charge is 0.0678 e. The minimum Gasteiger partial charge on any atom is -0.371 e. The number of hydrogen-bond acceptors (Lipinski definition) is 2. The standard InChI is InChI=1S/C13H18N2/c1-10(2)11-6-5-7-12-13(11)15(4)9-8-14(12)3/h5-7H,1,8-9H2,2-4H3. The van der Waals surface area contributed by atoms with Crippen molar-refractivity contribution in [3.8, 4) is 0 Å². The summed E-state index contributed by atoms with van der Waals surface area (Å²) in [6, 6.07) is 6.44. The van der Waals surface area contributed by atoms with Gasteiger partial charge in [0.25, 0.3) is 0 Å². The molecule has 0 aromatic heterocycles. The van der Waals surface area contributed by atoms with Crippen LogP contribution < -0.4 is 9.80 Å². The predicted molar refractivity (Wildman–Crippen MR) is 67.7 cm³/mol. The largest absolute Gasteiger partial charge is 0.371 e. The van der Waals surface area contributed by atoms with E-state index in [0.717, 1.165) is 18.7 Å². The van der Waals surface area contributed by atoms with Crippen molar-refractivity contribution >= 4 is 16.9 Å². The van der Waals surface area contributed by atoms with Gasteiger partial charge in [-0.2, -0.15) is 0 Å². The maximum atomic E-state index is 4.05. The zero-order chi connectivity index (χ0) is 11.0. The van der Waals surface area contributed by atoms with Gasteiger partial charge in [0.05, 0.1) is 11.4 Å². The maximum Gasteiger partial charge on any atom is 0.0678 e. The van der Waals surface area contributed by atoms with Crippen LogP contribution >= 0.6 is 0 Å². The van der Waals surface area contributed by atoms with E-state index in [2.05, 4.69) is 55.6 Å². The van der Waals surface area contributed by atoms with Gasteiger partial charge in [-0.05, 0) is 18.6 Å². The van der Waals surface area contributed by atoms with Crippen molar-refractivity contribution in [3.05, 3.63) is 30.3 Å². The lowest BCUT2D eigenvalue weighted by Crippen LogP contribution is -2.37. The van der Waals surface area contributed by atoms with Crippen LogP contribution in [0.5, 0.6) is 0 Å². The quantitative estimate of drug-likeness (QED) is 0.690. The van der Waals surface area contributed by atoms with Gasteiger partial charge < -0.3 is 9.80 Å². The first-order valence-corrected chi connectivity index (χ1v) is 5.32. The van der Waals surface area contributed by atoms with E-state index in [0.29, 0.717) is 0 Å². The number of nitrogens with zero attached hydrogens (tertiary/aromatic N) is 2. The van der Waals surface area contributed by atoms with Crippen LogP contribution in [0.4, 0.5) is 11.4 Å². The molecule has 0 fully saturated rings. The number of likely N-dealkylation sites (N-methyl/N-ethyl adjacent to an activating group) is 2. The van der Waals surface area contributed by atoms with Crippen LogP contribution in [-0.4, -0.2) is 27.2 Å². The van der Waals surface area contributed by atoms with E-state index in [9.17, 15) is 0 Å². The van der Waals surface area contributed by atoms with Crippen molar-refractivity contribution in [1.82, 2.24) is 0 Å². The minimum atomic E-state index is 1.08. The van der Waals surface area contributed by atoms with Crippen molar-refractivity contribution in [2.75, 3.05) is 37.0 Å². The lowest BCUT2D eigenvalue weighted by Gasteiger charge is -2.36. The average molecular weight is 202 g/mol. The van der Waals surface area contributed by atoms with E-state index in [-0.39, 0.29) is 0 Å². The highest BCUT2D eigenvalue weighted by atomic mass is 15.2. The van der Waals surface area contributed by atoms with Crippen molar-refractivity contribution in [1.29, 1.82) is 0 Å². The normalized spacial score (nSPS) is 15.1. The topological polar surface area (TPSA) is 6.48 Å². The highest BCUT2D eigenvalue weighted by Gasteiger charge is 2.20. The van der Waals surface area contributed by atoms with E-state index < -0.39 is 0 Å². The second kappa shape index (κ2) is 3.61. The highest BCUT2D eigenvalue weighted by molar-refractivity contribution is 5.85. The molecule has 0 unspecified atom stereocenters. The Morgan fingerprint density at radius 1 is 1.20 bits per heavy atom. The van der Waals surface area contributed by atoms with Crippen molar-refractivity contribution in [2.24, 2.45) is 0 Å². The Morgan fingerprint density at radius 2 is 1.87 bits per heavy atom. The monoisotopic (exact) mass is 202 g/mol. The van der Waals surface area contributed by atoms with Gasteiger partial charge in [-0.1, -0.05) is 18.7 Å². The highest BCUT2D eigenvalue weighted by Crippen LogP contribution is 2.37. The molecule has 1 aromatic rings. The number of fused-ring (bicyclic) bond motifs is 1. The number of benzene rings is 1. The molecule has 0 atom stereocenters. The van der Waals surface area contributed by atoms with Crippen LogP contribution in [-0.2, 0) is 0 Å². The fourth-order valence-electron chi connectivity index (χ4n) is 2.12. The molecule has 0 N–H and O–H groups in total. The molecule has 80 valence electrons. The lowest BCUT2D eigenvalue weighted by atomic mass is 10.0. The molecular weight excluding hydrogens is 184 g/mol. The number of anilines is 2. The third-order valence-corrected chi connectivity index (χ3v) is 3.04. The number of para-hydroxylation sites is 1. The predicted octanol–water partition coefficient (Wildman–Crippen LogP) is 2.61. The summed E-state index contributed by atoms with van der Waals surface area (Å²) in [4.78, 5) is 4.63. The zero-order valence-corrected chi connectivity index (χ0v) is 9.75. The van der Waals surface area contributed by atoms with Gasteiger partial charge in [-0.25, -0.2) is 0 Å². The van der Waals surface area contributed by atoms with Crippen LogP contribution in [0.1, 0.15) is 12.5 Å². The Balaban J connectivity index is 2.61. The fraction of sp³-hybridized carbons (Fsp3) is 0.385. The molecule has 0 saturated carbocycles. The molecule has 2 rings (SSSR count). The van der Waals surface area contributed by atoms with Gasteiger partial charge >= 0.3 is 0 Å². The van der Waals surface area contributed by atoms with E-state index >= 15 is 0 Å². The maximum absolute atomic E-state index is 4.05. The summed E-state index contributed by atoms with van der Waals surface area (Å²) in [6.07, 6.45) is 0. The molecule has 1 aliphatic rings. The molecule has 0 amide bonds. The minimum absolute atomic E-state index is 1.08. The van der Waals surface area contributed by atoms with Gasteiger partial charge in [-0.15, -0.1) is 0 Å². The zero-order valence-electron chi connectivity index (χ0n) is 9.75. The first-order chi connectivity index (χ1) is 7.11. The number of allylic oxidation sites excluding steroid dienone is 1. The molecule has 0 aliphatic carbocycles. The third-order valence-electron chi connectivity index (χ3n) is 3.04. The molecule has 0 spiro atoms. The summed E-state index contributed by atoms with van der Waals surface area (Å²) in [7, 11) is 4.30. The summed E-state index contributed by atoms with van der Waals surface area (Å²) in [5.41, 5.74) is 5.03. The van der Waals surface area contributed by atoms with Crippen LogP contribution in [0.25, 0.3) is 5.57 Å². The van der Waals surface area contributed by atoms with E-state index in [4.69, 9.17) is 0 Å². The summed E-state index contributed by atoms with van der Waals surface area (Å²) >= 11 is 0. The SMILES string of the molecule is C=C(C)c1cccc2c1N(C)CCN2C. The second-order valence-electron chi connectivity index (χ2n) is 4.30. The Morgan fingerprint density at radius 3 is 2.53 bits per heavy atom. The summed E-state index contributed by atoms with van der Waals surface area (Å²) < 4.78 is 0. The lowest BCUT2D eigenvalue weighted by molar-refractivity contribution is 0.796. The molecule has 0 saturated heterocycles. The van der Waals surface area contributed by atoms with Gasteiger partial charge in [0.1, 0.15) is 0 Å². The van der Waals surface area contributed by atoms with Crippen molar-refractivity contribution < 1.29 is 0 Å². The first kappa shape index (κ1) is 10.1. The third kappa shape index (κ3) is 1.60. The molecule has 0 radical (unpaired) electrons. The van der Waals surface area contributed by atoms with Gasteiger partial charge in [0.2, 0.25) is 0 Å². The molecule has 2 nitrogen and oxygen atoms in total. The Hall–Kier alpha value is -1.44. The Labute approximate surface area is 91.8 Å². The average Bonchev–Trinajstić information content (AvgIpc) is 2.23. The Kier molecular flexibility index (Phi) is 2.43. The Bertz CT molecular complexity index is 396. The van der Waals surface area contributed by atoms with E-state index in [1.807, 2.05) is 0 Å². The molecule has 1 aliphatic heterocycles. The van der Waals surface area contributed by atoms with Crippen LogP contribution in [0.3, 0.4) is 0 Å². The fourth-order valence-corrected chi connectivity index (χ4v) is 2.12. The summed E-state index contributed by atoms with van der Waals surface area (Å²) in [5, 5.41) is 0. The van der Waals surface area contributed by atoms with Gasteiger partial charge in [0.15, 0.2) is 0 Å². The summed E-state index contributed by atoms with van der Waals surface area (Å²) in [6.45, 7) is 8.28. The molecule has 0 bridgehead atoms. The van der Waals surface area contributed by atoms with E-state index in [1.54, 1.807) is 0 Å². The van der Waals surface area contributed by atoms with Crippen molar-refractivity contribution in [3.63, 3.8) is 0 Å². The number of hydrogen-bond donors (Lipinski definition) is 0. The molecule has 1 heterocycles. The van der Waals surface area contributed by atoms with Gasteiger partial charge in [-0.3, -0.25) is 0 Å². The van der Waals surface area contributed by atoms with E-state index in [1.165, 1.54) is 16.9 Å².